The van der Waals surface area contributed by atoms with Crippen molar-refractivity contribution in [3.05, 3.63) is 11.6 Å². The highest BCUT2D eigenvalue weighted by Crippen LogP contribution is 2.27. The summed E-state index contributed by atoms with van der Waals surface area (Å²) in [5.41, 5.74) is 1.57. The molecule has 28 heavy (non-hydrogen) atoms. The van der Waals surface area contributed by atoms with Gasteiger partial charge in [0.25, 0.3) is 0 Å². The van der Waals surface area contributed by atoms with Gasteiger partial charge < -0.3 is 16.4 Å². The van der Waals surface area contributed by atoms with E-state index in [2.05, 4.69) is 19.9 Å². The quantitative estimate of drug-likeness (QED) is 0.146. The minimum Gasteiger partial charge on any atom is -0.481 e. The summed E-state index contributed by atoms with van der Waals surface area (Å²) in [6.45, 7) is 4.78. The molecule has 0 rings (SSSR count). The van der Waals surface area contributed by atoms with Crippen LogP contribution in [0, 0.1) is 5.92 Å². The van der Waals surface area contributed by atoms with Crippen LogP contribution in [0.5, 0.6) is 0 Å². The lowest BCUT2D eigenvalue weighted by Crippen LogP contribution is -2.07. The Morgan fingerprint density at radius 1 is 0.786 bits per heavy atom. The molecule has 0 saturated carbocycles. The molecule has 0 aliphatic carbocycles. The van der Waals surface area contributed by atoms with E-state index in [9.17, 15) is 9.90 Å². The molecule has 0 bridgehead atoms. The number of allylic oxidation sites excluding steroid dienone is 2. The van der Waals surface area contributed by atoms with E-state index in [0.717, 1.165) is 32.1 Å². The van der Waals surface area contributed by atoms with Gasteiger partial charge in [-0.15, -0.1) is 0 Å². The fourth-order valence-corrected chi connectivity index (χ4v) is 3.84. The lowest BCUT2D eigenvalue weighted by atomic mass is 9.87. The van der Waals surface area contributed by atoms with Gasteiger partial charge in [0.1, 0.15) is 0 Å². The third-order valence-electron chi connectivity index (χ3n) is 5.46. The predicted octanol–water partition coefficient (Wildman–Crippen LogP) is 7.44. The summed E-state index contributed by atoms with van der Waals surface area (Å²) in [5, 5.41) is 18.1. The topological polar surface area (TPSA) is 92.5 Å². The molecule has 0 aromatic carbocycles. The Morgan fingerprint density at radius 3 is 1.93 bits per heavy atom. The van der Waals surface area contributed by atoms with Gasteiger partial charge in [-0.1, -0.05) is 83.3 Å². The summed E-state index contributed by atoms with van der Waals surface area (Å²) in [7, 11) is 0. The second kappa shape index (κ2) is 22.4. The molecule has 0 amide bonds. The fraction of sp³-hybridized carbons (Fsp3) is 0.875. The van der Waals surface area contributed by atoms with Crippen molar-refractivity contribution in [1.82, 2.24) is 6.15 Å². The van der Waals surface area contributed by atoms with Crippen LogP contribution in [0.25, 0.3) is 0 Å². The van der Waals surface area contributed by atoms with Gasteiger partial charge in [0, 0.05) is 13.0 Å². The van der Waals surface area contributed by atoms with Gasteiger partial charge in [0.05, 0.1) is 0 Å². The molecule has 1 unspecified atom stereocenters. The Morgan fingerprint density at radius 2 is 1.36 bits per heavy atom. The molecule has 4 nitrogen and oxygen atoms in total. The predicted molar refractivity (Wildman–Crippen MR) is 121 cm³/mol. The molecule has 168 valence electrons. The first-order valence-electron chi connectivity index (χ1n) is 11.7. The van der Waals surface area contributed by atoms with Crippen LogP contribution in [0.3, 0.4) is 0 Å². The van der Waals surface area contributed by atoms with Crippen LogP contribution in [0.4, 0.5) is 0 Å². The smallest absolute Gasteiger partial charge is 0.303 e. The number of carbonyl (C=O) groups is 1. The van der Waals surface area contributed by atoms with Gasteiger partial charge in [0.2, 0.25) is 0 Å². The largest absolute Gasteiger partial charge is 0.481 e. The van der Waals surface area contributed by atoms with Crippen LogP contribution >= 0.6 is 0 Å². The van der Waals surface area contributed by atoms with Gasteiger partial charge in [-0.2, -0.15) is 0 Å². The highest BCUT2D eigenvalue weighted by molar-refractivity contribution is 5.66. The number of unbranched alkanes of at least 4 members (excludes halogenated alkanes) is 10. The van der Waals surface area contributed by atoms with Crippen molar-refractivity contribution in [2.24, 2.45) is 5.92 Å². The molecule has 5 N–H and O–H groups in total. The Labute approximate surface area is 174 Å². The van der Waals surface area contributed by atoms with Crippen molar-refractivity contribution in [3.63, 3.8) is 0 Å². The molecule has 4 heteroatoms. The third kappa shape index (κ3) is 18.5. The van der Waals surface area contributed by atoms with E-state index in [0.29, 0.717) is 12.3 Å². The standard InChI is InChI=1S/C24H46O3.H3N/c1-3-5-6-7-8-10-13-17-23(22(16-4-2)20-21-25)18-14-11-9-12-15-19-24(26)27;/h17,22,25H,3-16,18-21H2,1-2H3,(H,26,27);1H3/b23-17-;. The van der Waals surface area contributed by atoms with Gasteiger partial charge in [-0.05, 0) is 50.9 Å². The van der Waals surface area contributed by atoms with Crippen molar-refractivity contribution in [2.45, 2.75) is 123 Å². The number of aliphatic hydroxyl groups is 1. The third-order valence-corrected chi connectivity index (χ3v) is 5.46. The maximum Gasteiger partial charge on any atom is 0.303 e. The number of aliphatic hydroxyl groups excluding tert-OH is 1. The van der Waals surface area contributed by atoms with Gasteiger partial charge in [0.15, 0.2) is 0 Å². The Kier molecular flexibility index (Phi) is 23.5. The Hall–Kier alpha value is -0.870. The van der Waals surface area contributed by atoms with Crippen molar-refractivity contribution >= 4 is 5.97 Å². The molecule has 0 spiro atoms. The van der Waals surface area contributed by atoms with Crippen molar-refractivity contribution in [3.8, 4) is 0 Å². The zero-order valence-electron chi connectivity index (χ0n) is 18.9. The number of rotatable bonds is 20. The van der Waals surface area contributed by atoms with Crippen LogP contribution in [0.1, 0.15) is 123 Å². The first kappa shape index (κ1) is 29.3. The van der Waals surface area contributed by atoms with E-state index in [1.807, 2.05) is 0 Å². The van der Waals surface area contributed by atoms with Crippen LogP contribution in [0.2, 0.25) is 0 Å². The molecule has 0 aromatic rings. The van der Waals surface area contributed by atoms with Crippen molar-refractivity contribution < 1.29 is 15.0 Å². The average Bonchev–Trinajstić information content (AvgIpc) is 2.64. The van der Waals surface area contributed by atoms with Crippen LogP contribution in [0.15, 0.2) is 11.6 Å². The molecule has 0 radical (unpaired) electrons. The summed E-state index contributed by atoms with van der Waals surface area (Å²) >= 11 is 0. The van der Waals surface area contributed by atoms with E-state index in [1.165, 1.54) is 70.6 Å². The SMILES string of the molecule is CCCCCCCC/C=C(/CCCCCCCC(=O)O)C(CCC)CCO.N. The summed E-state index contributed by atoms with van der Waals surface area (Å²) in [4.78, 5) is 10.5. The normalized spacial score (nSPS) is 12.6. The van der Waals surface area contributed by atoms with Crippen LogP contribution in [-0.2, 0) is 4.79 Å². The molecule has 0 fully saturated rings. The lowest BCUT2D eigenvalue weighted by molar-refractivity contribution is -0.137. The number of hydrogen-bond donors (Lipinski definition) is 3. The van der Waals surface area contributed by atoms with Crippen LogP contribution in [-0.4, -0.2) is 22.8 Å². The van der Waals surface area contributed by atoms with Gasteiger partial charge >= 0.3 is 5.97 Å². The zero-order chi connectivity index (χ0) is 20.2. The molecular formula is C24H49NO3. The van der Waals surface area contributed by atoms with Crippen molar-refractivity contribution in [2.75, 3.05) is 6.61 Å². The maximum atomic E-state index is 10.5. The van der Waals surface area contributed by atoms with Gasteiger partial charge in [-0.25, -0.2) is 0 Å². The van der Waals surface area contributed by atoms with Crippen molar-refractivity contribution in [1.29, 1.82) is 0 Å². The minimum absolute atomic E-state index is 0. The highest BCUT2D eigenvalue weighted by atomic mass is 16.4. The van der Waals surface area contributed by atoms with E-state index in [1.54, 1.807) is 5.57 Å². The molecule has 0 aliphatic rings. The summed E-state index contributed by atoms with van der Waals surface area (Å²) in [5.74, 6) is -0.131. The average molecular weight is 400 g/mol. The number of carboxylic acids is 1. The number of aliphatic carboxylic acids is 1. The van der Waals surface area contributed by atoms with E-state index >= 15 is 0 Å². The molecule has 1 atom stereocenters. The Bertz CT molecular complexity index is 363. The zero-order valence-corrected chi connectivity index (χ0v) is 18.9. The molecule has 0 aliphatic heterocycles. The maximum absolute atomic E-state index is 10.5. The highest BCUT2D eigenvalue weighted by Gasteiger charge is 2.12. The lowest BCUT2D eigenvalue weighted by Gasteiger charge is -2.20. The first-order valence-corrected chi connectivity index (χ1v) is 11.7. The first-order chi connectivity index (χ1) is 13.2. The molecule has 0 aromatic heterocycles. The monoisotopic (exact) mass is 399 g/mol. The second-order valence-corrected chi connectivity index (χ2v) is 7.99. The van der Waals surface area contributed by atoms with Crippen LogP contribution < -0.4 is 6.15 Å². The Balaban J connectivity index is 0. The van der Waals surface area contributed by atoms with E-state index < -0.39 is 5.97 Å². The van der Waals surface area contributed by atoms with E-state index in [-0.39, 0.29) is 12.8 Å². The molecular weight excluding hydrogens is 350 g/mol. The van der Waals surface area contributed by atoms with Gasteiger partial charge in [-0.3, -0.25) is 4.79 Å². The number of hydrogen-bond acceptors (Lipinski definition) is 3. The van der Waals surface area contributed by atoms with E-state index in [4.69, 9.17) is 5.11 Å². The number of carboxylic acid groups (broad SMARTS) is 1. The summed E-state index contributed by atoms with van der Waals surface area (Å²) < 4.78 is 0. The summed E-state index contributed by atoms with van der Waals surface area (Å²) in [6, 6.07) is 0. The molecule has 0 heterocycles. The second-order valence-electron chi connectivity index (χ2n) is 7.99. The summed E-state index contributed by atoms with van der Waals surface area (Å²) in [6.07, 6.45) is 21.8. The minimum atomic E-state index is -0.679. The fourth-order valence-electron chi connectivity index (χ4n) is 3.84. The molecule has 0 saturated heterocycles.